The van der Waals surface area contributed by atoms with E-state index < -0.39 is 30.5 Å². The molecule has 0 fully saturated rings. The lowest BCUT2D eigenvalue weighted by Gasteiger charge is -2.25. The van der Waals surface area contributed by atoms with Crippen molar-refractivity contribution in [1.29, 1.82) is 0 Å². The van der Waals surface area contributed by atoms with Gasteiger partial charge in [0.25, 0.3) is 11.8 Å². The molecule has 2 N–H and O–H groups in total. The lowest BCUT2D eigenvalue weighted by Crippen LogP contribution is -2.51. The minimum absolute atomic E-state index is 0.0135. The van der Waals surface area contributed by atoms with Gasteiger partial charge in [0.15, 0.2) is 18.1 Å². The Morgan fingerprint density at radius 1 is 1.03 bits per heavy atom. The molecule has 1 atom stereocenters. The van der Waals surface area contributed by atoms with Gasteiger partial charge in [-0.25, -0.2) is 4.79 Å². The maximum Gasteiger partial charge on any atom is 0.348 e. The van der Waals surface area contributed by atoms with Crippen molar-refractivity contribution in [1.82, 2.24) is 10.9 Å². The van der Waals surface area contributed by atoms with Crippen LogP contribution in [0.4, 0.5) is 0 Å². The maximum atomic E-state index is 12.1. The molecule has 0 spiro atoms. The van der Waals surface area contributed by atoms with Crippen LogP contribution in [0.15, 0.2) is 54.6 Å². The Morgan fingerprint density at radius 3 is 2.62 bits per heavy atom. The summed E-state index contributed by atoms with van der Waals surface area (Å²) in [5.74, 6) is -0.863. The molecule has 2 heterocycles. The fraction of sp³-hybridized carbons (Fsp3) is 0.150. The number of ether oxygens (including phenoxy) is 3. The van der Waals surface area contributed by atoms with Crippen LogP contribution >= 0.6 is 11.3 Å². The van der Waals surface area contributed by atoms with E-state index in [-0.39, 0.29) is 6.61 Å². The summed E-state index contributed by atoms with van der Waals surface area (Å²) in [7, 11) is 0. The maximum absolute atomic E-state index is 12.1. The van der Waals surface area contributed by atoms with Gasteiger partial charge in [-0.1, -0.05) is 30.3 Å². The second kappa shape index (κ2) is 8.19. The first-order valence-corrected chi connectivity index (χ1v) is 9.55. The van der Waals surface area contributed by atoms with E-state index in [1.807, 2.05) is 24.3 Å². The Balaban J connectivity index is 1.24. The van der Waals surface area contributed by atoms with Crippen LogP contribution in [0.3, 0.4) is 0 Å². The number of amides is 2. The fourth-order valence-electron chi connectivity index (χ4n) is 2.68. The molecule has 1 aromatic heterocycles. The molecule has 1 aliphatic rings. The highest BCUT2D eigenvalue weighted by atomic mass is 32.1. The van der Waals surface area contributed by atoms with Crippen LogP contribution in [0.2, 0.25) is 0 Å². The molecule has 9 heteroatoms. The number of fused-ring (bicyclic) bond motifs is 2. The Kier molecular flexibility index (Phi) is 5.30. The van der Waals surface area contributed by atoms with Crippen LogP contribution in [-0.2, 0) is 14.3 Å². The second-order valence-corrected chi connectivity index (χ2v) is 7.21. The Bertz CT molecular complexity index is 1050. The van der Waals surface area contributed by atoms with Crippen LogP contribution in [0, 0.1) is 0 Å². The largest absolute Gasteiger partial charge is 0.485 e. The number of esters is 1. The molecule has 0 aliphatic carbocycles. The summed E-state index contributed by atoms with van der Waals surface area (Å²) in [6, 6.07) is 16.2. The topological polar surface area (TPSA) is 103 Å². The van der Waals surface area contributed by atoms with E-state index in [0.29, 0.717) is 16.4 Å². The molecule has 2 aromatic carbocycles. The normalized spacial score (nSPS) is 14.8. The first-order valence-electron chi connectivity index (χ1n) is 8.73. The van der Waals surface area contributed by atoms with Gasteiger partial charge in [0, 0.05) is 4.70 Å². The minimum atomic E-state index is -0.911. The Morgan fingerprint density at radius 2 is 1.79 bits per heavy atom. The van der Waals surface area contributed by atoms with Crippen molar-refractivity contribution in [2.24, 2.45) is 0 Å². The number of hydrogen-bond acceptors (Lipinski definition) is 7. The molecule has 8 nitrogen and oxygen atoms in total. The van der Waals surface area contributed by atoms with Gasteiger partial charge in [0.05, 0.1) is 0 Å². The Hall–Kier alpha value is -3.59. The number of hydrogen-bond donors (Lipinski definition) is 2. The highest BCUT2D eigenvalue weighted by Crippen LogP contribution is 2.30. The van der Waals surface area contributed by atoms with Gasteiger partial charge < -0.3 is 14.2 Å². The number of rotatable bonds is 4. The van der Waals surface area contributed by atoms with E-state index in [0.717, 1.165) is 10.1 Å². The van der Waals surface area contributed by atoms with Gasteiger partial charge in [-0.15, -0.1) is 11.3 Å². The predicted octanol–water partition coefficient (Wildman–Crippen LogP) is 2.05. The average Bonchev–Trinajstić information content (AvgIpc) is 3.20. The van der Waals surface area contributed by atoms with Crippen molar-refractivity contribution in [2.45, 2.75) is 6.10 Å². The minimum Gasteiger partial charge on any atom is -0.485 e. The standard InChI is InChI=1S/C20H16N2O6S/c23-18(11-27-20(25)17-9-12-5-1-4-8-16(12)29-17)21-22-19(24)15-10-26-13-6-2-3-7-14(13)28-15/h1-9,15H,10-11H2,(H,21,23)(H,22,24)/t15-/m0/s1. The summed E-state index contributed by atoms with van der Waals surface area (Å²) >= 11 is 1.28. The number of thiophene rings is 1. The lowest BCUT2D eigenvalue weighted by molar-refractivity contribution is -0.135. The van der Waals surface area contributed by atoms with Gasteiger partial charge in [-0.2, -0.15) is 0 Å². The third kappa shape index (κ3) is 4.30. The SMILES string of the molecule is O=C(COC(=O)c1cc2ccccc2s1)NNC(=O)[C@@H]1COc2ccccc2O1. The average molecular weight is 412 g/mol. The fourth-order valence-corrected chi connectivity index (χ4v) is 3.64. The van der Waals surface area contributed by atoms with Crippen LogP contribution in [0.1, 0.15) is 9.67 Å². The van der Waals surface area contributed by atoms with Crippen molar-refractivity contribution in [3.05, 3.63) is 59.5 Å². The van der Waals surface area contributed by atoms with Crippen LogP contribution < -0.4 is 20.3 Å². The number of para-hydroxylation sites is 2. The van der Waals surface area contributed by atoms with E-state index in [1.54, 1.807) is 30.3 Å². The highest BCUT2D eigenvalue weighted by molar-refractivity contribution is 7.20. The smallest absolute Gasteiger partial charge is 0.348 e. The summed E-state index contributed by atoms with van der Waals surface area (Å²) < 4.78 is 16.9. The number of hydrazine groups is 1. The molecule has 0 unspecified atom stereocenters. The quantitative estimate of drug-likeness (QED) is 0.502. The lowest BCUT2D eigenvalue weighted by atomic mass is 10.2. The molecular weight excluding hydrogens is 396 g/mol. The first-order chi connectivity index (χ1) is 14.1. The molecule has 3 aromatic rings. The van der Waals surface area contributed by atoms with Crippen molar-refractivity contribution >= 4 is 39.2 Å². The van der Waals surface area contributed by atoms with Gasteiger partial charge in [0.2, 0.25) is 6.10 Å². The van der Waals surface area contributed by atoms with Crippen molar-refractivity contribution in [3.63, 3.8) is 0 Å². The predicted molar refractivity (Wildman–Crippen MR) is 105 cm³/mol. The zero-order valence-corrected chi connectivity index (χ0v) is 15.9. The second-order valence-electron chi connectivity index (χ2n) is 6.13. The third-order valence-electron chi connectivity index (χ3n) is 4.09. The molecule has 29 heavy (non-hydrogen) atoms. The highest BCUT2D eigenvalue weighted by Gasteiger charge is 2.27. The molecule has 0 bridgehead atoms. The van der Waals surface area contributed by atoms with E-state index in [4.69, 9.17) is 14.2 Å². The van der Waals surface area contributed by atoms with Gasteiger partial charge in [-0.3, -0.25) is 20.4 Å². The summed E-state index contributed by atoms with van der Waals surface area (Å²) in [5.41, 5.74) is 4.43. The zero-order chi connectivity index (χ0) is 20.2. The summed E-state index contributed by atoms with van der Waals surface area (Å²) in [4.78, 5) is 36.5. The zero-order valence-electron chi connectivity index (χ0n) is 15.0. The van der Waals surface area contributed by atoms with E-state index in [1.165, 1.54) is 11.3 Å². The van der Waals surface area contributed by atoms with Crippen molar-refractivity contribution < 1.29 is 28.6 Å². The molecule has 0 saturated carbocycles. The summed E-state index contributed by atoms with van der Waals surface area (Å²) in [6.45, 7) is -0.516. The van der Waals surface area contributed by atoms with E-state index in [2.05, 4.69) is 10.9 Å². The third-order valence-corrected chi connectivity index (χ3v) is 5.18. The van der Waals surface area contributed by atoms with Crippen LogP contribution in [-0.4, -0.2) is 37.1 Å². The summed E-state index contributed by atoms with van der Waals surface area (Å²) in [6.07, 6.45) is -0.911. The van der Waals surface area contributed by atoms with E-state index >= 15 is 0 Å². The van der Waals surface area contributed by atoms with Gasteiger partial charge >= 0.3 is 5.97 Å². The number of carbonyl (C=O) groups excluding carboxylic acids is 3. The number of carbonyl (C=O) groups is 3. The Labute approximate surface area is 169 Å². The number of nitrogens with one attached hydrogen (secondary N) is 2. The first kappa shape index (κ1) is 18.8. The molecule has 0 saturated heterocycles. The molecule has 148 valence electrons. The monoisotopic (exact) mass is 412 g/mol. The number of benzene rings is 2. The molecule has 0 radical (unpaired) electrons. The molecule has 1 aliphatic heterocycles. The van der Waals surface area contributed by atoms with Gasteiger partial charge in [-0.05, 0) is 29.7 Å². The van der Waals surface area contributed by atoms with Crippen LogP contribution in [0.5, 0.6) is 11.5 Å². The molecular formula is C20H16N2O6S. The van der Waals surface area contributed by atoms with E-state index in [9.17, 15) is 14.4 Å². The molecule has 2 amide bonds. The van der Waals surface area contributed by atoms with Crippen molar-refractivity contribution in [3.8, 4) is 11.5 Å². The van der Waals surface area contributed by atoms with Crippen LogP contribution in [0.25, 0.3) is 10.1 Å². The van der Waals surface area contributed by atoms with Crippen molar-refractivity contribution in [2.75, 3.05) is 13.2 Å². The summed E-state index contributed by atoms with van der Waals surface area (Å²) in [5, 5.41) is 0.928. The van der Waals surface area contributed by atoms with Gasteiger partial charge in [0.1, 0.15) is 11.5 Å². The molecule has 4 rings (SSSR count).